The van der Waals surface area contributed by atoms with E-state index in [0.717, 1.165) is 0 Å². The summed E-state index contributed by atoms with van der Waals surface area (Å²) < 4.78 is 10.3. The molecule has 1 rings (SSSR count). The Labute approximate surface area is 102 Å². The standard InChI is InChI=1S/C11H23NO5/c1-8(6-16-2)17-7-9(13)3-12-4-10(14)11(15)5-12/h8-11,13-15H,3-7H2,1-2H3. The summed E-state index contributed by atoms with van der Waals surface area (Å²) in [5.74, 6) is 0. The zero-order chi connectivity index (χ0) is 12.8. The van der Waals surface area contributed by atoms with E-state index in [1.807, 2.05) is 11.8 Å². The van der Waals surface area contributed by atoms with Gasteiger partial charge in [-0.2, -0.15) is 0 Å². The van der Waals surface area contributed by atoms with E-state index >= 15 is 0 Å². The van der Waals surface area contributed by atoms with Crippen LogP contribution >= 0.6 is 0 Å². The average Bonchev–Trinajstić information content (AvgIpc) is 2.55. The van der Waals surface area contributed by atoms with Crippen molar-refractivity contribution in [1.29, 1.82) is 0 Å². The van der Waals surface area contributed by atoms with Crippen molar-refractivity contribution in [1.82, 2.24) is 4.90 Å². The van der Waals surface area contributed by atoms with Crippen LogP contribution in [-0.4, -0.2) is 84.6 Å². The summed E-state index contributed by atoms with van der Waals surface area (Å²) in [7, 11) is 1.60. The molecule has 0 spiro atoms. The van der Waals surface area contributed by atoms with E-state index in [4.69, 9.17) is 9.47 Å². The minimum atomic E-state index is -0.712. The molecule has 0 aromatic heterocycles. The molecule has 0 aliphatic carbocycles. The lowest BCUT2D eigenvalue weighted by Gasteiger charge is -2.21. The summed E-state index contributed by atoms with van der Waals surface area (Å²) in [5, 5.41) is 28.4. The Balaban J connectivity index is 2.15. The van der Waals surface area contributed by atoms with Gasteiger partial charge in [0.2, 0.25) is 0 Å². The molecule has 4 atom stereocenters. The highest BCUT2D eigenvalue weighted by molar-refractivity contribution is 4.84. The van der Waals surface area contributed by atoms with Gasteiger partial charge in [-0.25, -0.2) is 0 Å². The Bertz CT molecular complexity index is 206. The first-order valence-corrected chi connectivity index (χ1v) is 5.90. The maximum Gasteiger partial charge on any atom is 0.0938 e. The van der Waals surface area contributed by atoms with E-state index in [-0.39, 0.29) is 12.7 Å². The molecule has 0 saturated carbocycles. The molecular weight excluding hydrogens is 226 g/mol. The van der Waals surface area contributed by atoms with Gasteiger partial charge in [0, 0.05) is 26.7 Å². The van der Waals surface area contributed by atoms with Crippen LogP contribution in [0.2, 0.25) is 0 Å². The van der Waals surface area contributed by atoms with Crippen LogP contribution in [0.1, 0.15) is 6.92 Å². The zero-order valence-electron chi connectivity index (χ0n) is 10.5. The topological polar surface area (TPSA) is 82.4 Å². The van der Waals surface area contributed by atoms with Crippen LogP contribution in [0.5, 0.6) is 0 Å². The second-order valence-corrected chi connectivity index (χ2v) is 4.61. The van der Waals surface area contributed by atoms with E-state index < -0.39 is 18.3 Å². The smallest absolute Gasteiger partial charge is 0.0938 e. The highest BCUT2D eigenvalue weighted by Crippen LogP contribution is 2.10. The van der Waals surface area contributed by atoms with Gasteiger partial charge < -0.3 is 24.8 Å². The van der Waals surface area contributed by atoms with E-state index in [9.17, 15) is 15.3 Å². The monoisotopic (exact) mass is 249 g/mol. The Kier molecular flexibility index (Phi) is 6.32. The van der Waals surface area contributed by atoms with Gasteiger partial charge >= 0.3 is 0 Å². The Morgan fingerprint density at radius 2 is 1.82 bits per heavy atom. The van der Waals surface area contributed by atoms with Gasteiger partial charge in [-0.1, -0.05) is 0 Å². The molecular formula is C11H23NO5. The summed E-state index contributed by atoms with van der Waals surface area (Å²) in [6.45, 7) is 3.78. The molecule has 6 nitrogen and oxygen atoms in total. The van der Waals surface area contributed by atoms with Crippen molar-refractivity contribution in [2.24, 2.45) is 0 Å². The molecule has 1 heterocycles. The molecule has 1 fully saturated rings. The largest absolute Gasteiger partial charge is 0.389 e. The molecule has 0 aromatic rings. The minimum Gasteiger partial charge on any atom is -0.389 e. The molecule has 0 bridgehead atoms. The number of methoxy groups -OCH3 is 1. The quantitative estimate of drug-likeness (QED) is 0.506. The average molecular weight is 249 g/mol. The van der Waals surface area contributed by atoms with Gasteiger partial charge in [0.1, 0.15) is 0 Å². The highest BCUT2D eigenvalue weighted by Gasteiger charge is 2.30. The van der Waals surface area contributed by atoms with Crippen LogP contribution in [0.4, 0.5) is 0 Å². The number of aliphatic hydroxyl groups is 3. The Morgan fingerprint density at radius 3 is 2.35 bits per heavy atom. The first-order valence-electron chi connectivity index (χ1n) is 5.90. The summed E-state index contributed by atoms with van der Waals surface area (Å²) in [4.78, 5) is 1.82. The number of β-amino-alcohol motifs (C(OH)–C–C–N with tert-alkyl or cyclic N) is 3. The lowest BCUT2D eigenvalue weighted by molar-refractivity contribution is -0.0389. The molecule has 17 heavy (non-hydrogen) atoms. The molecule has 6 heteroatoms. The predicted molar refractivity (Wildman–Crippen MR) is 61.8 cm³/mol. The van der Waals surface area contributed by atoms with Crippen molar-refractivity contribution >= 4 is 0 Å². The van der Waals surface area contributed by atoms with Crippen LogP contribution < -0.4 is 0 Å². The van der Waals surface area contributed by atoms with Gasteiger partial charge in [-0.3, -0.25) is 4.90 Å². The van der Waals surface area contributed by atoms with Gasteiger partial charge in [-0.05, 0) is 6.92 Å². The molecule has 1 aliphatic heterocycles. The fourth-order valence-electron chi connectivity index (χ4n) is 1.90. The van der Waals surface area contributed by atoms with E-state index in [0.29, 0.717) is 26.2 Å². The van der Waals surface area contributed by atoms with Gasteiger partial charge in [-0.15, -0.1) is 0 Å². The molecule has 0 aromatic carbocycles. The summed E-state index contributed by atoms with van der Waals surface area (Å²) in [6.07, 6.45) is -2.10. The van der Waals surface area contributed by atoms with Crippen molar-refractivity contribution in [2.75, 3.05) is 40.0 Å². The molecule has 0 amide bonds. The number of hydrogen-bond donors (Lipinski definition) is 3. The fourth-order valence-corrected chi connectivity index (χ4v) is 1.90. The second kappa shape index (κ2) is 7.25. The third kappa shape index (κ3) is 5.29. The van der Waals surface area contributed by atoms with Crippen molar-refractivity contribution in [2.45, 2.75) is 31.3 Å². The number of likely N-dealkylation sites (tertiary alicyclic amines) is 1. The van der Waals surface area contributed by atoms with Gasteiger partial charge in [0.05, 0.1) is 37.6 Å². The van der Waals surface area contributed by atoms with E-state index in [1.165, 1.54) is 0 Å². The number of rotatable bonds is 7. The number of nitrogens with zero attached hydrogens (tertiary/aromatic N) is 1. The van der Waals surface area contributed by atoms with Gasteiger partial charge in [0.25, 0.3) is 0 Å². The van der Waals surface area contributed by atoms with Gasteiger partial charge in [0.15, 0.2) is 0 Å². The summed E-state index contributed by atoms with van der Waals surface area (Å²) in [5.41, 5.74) is 0. The lowest BCUT2D eigenvalue weighted by Crippen LogP contribution is -2.35. The van der Waals surface area contributed by atoms with Crippen molar-refractivity contribution in [3.05, 3.63) is 0 Å². The number of aliphatic hydroxyl groups excluding tert-OH is 3. The normalized spacial score (nSPS) is 29.5. The SMILES string of the molecule is COCC(C)OCC(O)CN1CC(O)C(O)C1. The van der Waals surface area contributed by atoms with Crippen LogP contribution in [-0.2, 0) is 9.47 Å². The van der Waals surface area contributed by atoms with Crippen LogP contribution in [0.15, 0.2) is 0 Å². The molecule has 4 unspecified atom stereocenters. The maximum absolute atomic E-state index is 9.73. The number of hydrogen-bond acceptors (Lipinski definition) is 6. The molecule has 1 saturated heterocycles. The summed E-state index contributed by atoms with van der Waals surface area (Å²) >= 11 is 0. The fraction of sp³-hybridized carbons (Fsp3) is 1.00. The second-order valence-electron chi connectivity index (χ2n) is 4.61. The van der Waals surface area contributed by atoms with Crippen molar-refractivity contribution in [3.63, 3.8) is 0 Å². The molecule has 0 radical (unpaired) electrons. The van der Waals surface area contributed by atoms with Crippen LogP contribution in [0.3, 0.4) is 0 Å². The third-order valence-corrected chi connectivity index (χ3v) is 2.78. The minimum absolute atomic E-state index is 0.0515. The van der Waals surface area contributed by atoms with Crippen molar-refractivity contribution in [3.8, 4) is 0 Å². The third-order valence-electron chi connectivity index (χ3n) is 2.78. The van der Waals surface area contributed by atoms with Crippen LogP contribution in [0.25, 0.3) is 0 Å². The first kappa shape index (κ1) is 14.8. The lowest BCUT2D eigenvalue weighted by atomic mass is 10.3. The van der Waals surface area contributed by atoms with Crippen molar-refractivity contribution < 1.29 is 24.8 Å². The molecule has 102 valence electrons. The predicted octanol–water partition coefficient (Wildman–Crippen LogP) is -1.56. The van der Waals surface area contributed by atoms with E-state index in [1.54, 1.807) is 7.11 Å². The van der Waals surface area contributed by atoms with E-state index in [2.05, 4.69) is 0 Å². The summed E-state index contributed by atoms with van der Waals surface area (Å²) in [6, 6.07) is 0. The molecule has 3 N–H and O–H groups in total. The van der Waals surface area contributed by atoms with Crippen LogP contribution in [0, 0.1) is 0 Å². The highest BCUT2D eigenvalue weighted by atomic mass is 16.5. The Hall–Kier alpha value is -0.240. The zero-order valence-corrected chi connectivity index (χ0v) is 10.5. The maximum atomic E-state index is 9.73. The first-order chi connectivity index (χ1) is 8.02. The molecule has 1 aliphatic rings. The Morgan fingerprint density at radius 1 is 1.24 bits per heavy atom. The number of ether oxygens (including phenoxy) is 2.